The number of aliphatic hydroxyl groups excluding tert-OH is 2. The number of hydrogen-bond acceptors (Lipinski definition) is 12. The molecule has 186 valence electrons. The Kier molecular flexibility index (Phi) is 8.29. The molecule has 0 amide bonds. The van der Waals surface area contributed by atoms with Crippen LogP contribution < -0.4 is 28.3 Å². The van der Waals surface area contributed by atoms with Gasteiger partial charge in [-0.15, -0.1) is 0 Å². The SMILES string of the molecule is CNC1C(O)C(OC2C(N)CC(N)C(OC3OC(C(C)N)C=CC3N)C2O)OCC1(C)O. The summed E-state index contributed by atoms with van der Waals surface area (Å²) in [4.78, 5) is 0. The average Bonchev–Trinajstić information content (AvgIpc) is 2.71. The molecule has 12 heteroatoms. The first-order valence-corrected chi connectivity index (χ1v) is 11.0. The summed E-state index contributed by atoms with van der Waals surface area (Å²) in [6.07, 6.45) is -2.83. The second-order valence-electron chi connectivity index (χ2n) is 9.34. The third-order valence-corrected chi connectivity index (χ3v) is 6.43. The summed E-state index contributed by atoms with van der Waals surface area (Å²) in [7, 11) is 1.62. The maximum absolute atomic E-state index is 11.1. The highest BCUT2D eigenvalue weighted by atomic mass is 16.7. The number of aliphatic hydroxyl groups is 3. The van der Waals surface area contributed by atoms with Crippen LogP contribution in [-0.2, 0) is 18.9 Å². The van der Waals surface area contributed by atoms with E-state index in [1.807, 2.05) is 0 Å². The standard InChI is InChI=1S/C20H39N5O7/c1-8(21)12-5-4-9(22)18(30-12)31-15-10(23)6-11(24)16(13(15)26)32-19-14(27)17(25-3)20(2,28)7-29-19/h4-5,8-19,25-28H,6-7,21-24H2,1-3H3. The first-order valence-electron chi connectivity index (χ1n) is 11.0. The lowest BCUT2D eigenvalue weighted by Crippen LogP contribution is -2.68. The van der Waals surface area contributed by atoms with Crippen molar-refractivity contribution < 1.29 is 34.3 Å². The van der Waals surface area contributed by atoms with Crippen LogP contribution in [0, 0.1) is 0 Å². The second kappa shape index (κ2) is 10.3. The Bertz CT molecular complexity index is 654. The van der Waals surface area contributed by atoms with Crippen molar-refractivity contribution in [1.82, 2.24) is 5.32 Å². The molecular formula is C20H39N5O7. The molecule has 1 saturated heterocycles. The molecule has 0 bridgehead atoms. The second-order valence-corrected chi connectivity index (χ2v) is 9.34. The van der Waals surface area contributed by atoms with Crippen LogP contribution in [0.4, 0.5) is 0 Å². The van der Waals surface area contributed by atoms with Crippen molar-refractivity contribution in [1.29, 1.82) is 0 Å². The fourth-order valence-electron chi connectivity index (χ4n) is 4.56. The molecule has 1 saturated carbocycles. The lowest BCUT2D eigenvalue weighted by Gasteiger charge is -2.48. The smallest absolute Gasteiger partial charge is 0.185 e. The molecule has 32 heavy (non-hydrogen) atoms. The van der Waals surface area contributed by atoms with E-state index in [-0.39, 0.29) is 25.2 Å². The maximum Gasteiger partial charge on any atom is 0.185 e. The molecule has 12 N–H and O–H groups in total. The molecule has 0 radical (unpaired) electrons. The zero-order valence-corrected chi connectivity index (χ0v) is 18.8. The van der Waals surface area contributed by atoms with Gasteiger partial charge in [0.25, 0.3) is 0 Å². The summed E-state index contributed by atoms with van der Waals surface area (Å²) in [6, 6.07) is -2.78. The van der Waals surface area contributed by atoms with Crippen molar-refractivity contribution in [2.24, 2.45) is 22.9 Å². The third kappa shape index (κ3) is 5.32. The van der Waals surface area contributed by atoms with E-state index in [1.54, 1.807) is 33.0 Å². The molecule has 2 heterocycles. The predicted octanol–water partition coefficient (Wildman–Crippen LogP) is -3.81. The summed E-state index contributed by atoms with van der Waals surface area (Å²) >= 11 is 0. The van der Waals surface area contributed by atoms with Gasteiger partial charge in [-0.3, -0.25) is 0 Å². The summed E-state index contributed by atoms with van der Waals surface area (Å²) in [5, 5.41) is 35.0. The number of rotatable bonds is 6. The van der Waals surface area contributed by atoms with Gasteiger partial charge < -0.3 is 62.5 Å². The minimum absolute atomic E-state index is 0.0759. The van der Waals surface area contributed by atoms with Gasteiger partial charge >= 0.3 is 0 Å². The van der Waals surface area contributed by atoms with Gasteiger partial charge in [0, 0.05) is 18.1 Å². The van der Waals surface area contributed by atoms with E-state index in [0.717, 1.165) is 0 Å². The first kappa shape index (κ1) is 25.9. The lowest BCUT2D eigenvalue weighted by atomic mass is 9.84. The molecule has 0 spiro atoms. The highest BCUT2D eigenvalue weighted by Gasteiger charge is 2.50. The van der Waals surface area contributed by atoms with Gasteiger partial charge in [-0.05, 0) is 27.3 Å². The van der Waals surface area contributed by atoms with Gasteiger partial charge in [0.1, 0.15) is 30.0 Å². The Morgan fingerprint density at radius 1 is 1.06 bits per heavy atom. The van der Waals surface area contributed by atoms with Crippen LogP contribution in [0.5, 0.6) is 0 Å². The zero-order chi connectivity index (χ0) is 23.8. The van der Waals surface area contributed by atoms with Crippen LogP contribution in [-0.4, -0.2) is 108 Å². The minimum Gasteiger partial charge on any atom is -0.388 e. The fourth-order valence-corrected chi connectivity index (χ4v) is 4.56. The Labute approximate surface area is 188 Å². The van der Waals surface area contributed by atoms with E-state index in [9.17, 15) is 15.3 Å². The lowest BCUT2D eigenvalue weighted by molar-refractivity contribution is -0.304. The van der Waals surface area contributed by atoms with Crippen LogP contribution >= 0.6 is 0 Å². The van der Waals surface area contributed by atoms with Crippen molar-refractivity contribution >= 4 is 0 Å². The van der Waals surface area contributed by atoms with Gasteiger partial charge in [-0.25, -0.2) is 0 Å². The molecule has 12 nitrogen and oxygen atoms in total. The van der Waals surface area contributed by atoms with Gasteiger partial charge in [0.15, 0.2) is 12.6 Å². The number of nitrogens with two attached hydrogens (primary N) is 4. The van der Waals surface area contributed by atoms with Crippen LogP contribution in [0.1, 0.15) is 20.3 Å². The normalized spacial score (nSPS) is 50.9. The molecule has 13 unspecified atom stereocenters. The van der Waals surface area contributed by atoms with Crippen LogP contribution in [0.15, 0.2) is 12.2 Å². The Balaban J connectivity index is 1.70. The third-order valence-electron chi connectivity index (χ3n) is 6.43. The van der Waals surface area contributed by atoms with E-state index in [0.29, 0.717) is 0 Å². The summed E-state index contributed by atoms with van der Waals surface area (Å²) in [5.74, 6) is 0. The number of nitrogens with one attached hydrogen (secondary N) is 1. The van der Waals surface area contributed by atoms with Crippen molar-refractivity contribution in [3.05, 3.63) is 12.2 Å². The van der Waals surface area contributed by atoms with E-state index < -0.39 is 66.8 Å². The number of ether oxygens (including phenoxy) is 4. The molecule has 0 aromatic rings. The summed E-state index contributed by atoms with van der Waals surface area (Å²) < 4.78 is 23.3. The van der Waals surface area contributed by atoms with E-state index >= 15 is 0 Å². The van der Waals surface area contributed by atoms with E-state index in [1.165, 1.54) is 0 Å². The van der Waals surface area contributed by atoms with Crippen molar-refractivity contribution in [3.63, 3.8) is 0 Å². The highest BCUT2D eigenvalue weighted by molar-refractivity contribution is 5.06. The van der Waals surface area contributed by atoms with Crippen LogP contribution in [0.2, 0.25) is 0 Å². The van der Waals surface area contributed by atoms with Crippen molar-refractivity contribution in [2.75, 3.05) is 13.7 Å². The Morgan fingerprint density at radius 3 is 2.22 bits per heavy atom. The molecular weight excluding hydrogens is 422 g/mol. The molecule has 3 rings (SSSR count). The summed E-state index contributed by atoms with van der Waals surface area (Å²) in [5.41, 5.74) is 23.2. The maximum atomic E-state index is 11.1. The van der Waals surface area contributed by atoms with Gasteiger partial charge in [-0.1, -0.05) is 12.2 Å². The van der Waals surface area contributed by atoms with Gasteiger partial charge in [-0.2, -0.15) is 0 Å². The van der Waals surface area contributed by atoms with Crippen molar-refractivity contribution in [3.8, 4) is 0 Å². The van der Waals surface area contributed by atoms with Gasteiger partial charge in [0.05, 0.1) is 24.8 Å². The highest BCUT2D eigenvalue weighted by Crippen LogP contribution is 2.31. The average molecular weight is 462 g/mol. The summed E-state index contributed by atoms with van der Waals surface area (Å²) in [6.45, 7) is 3.28. The molecule has 0 aromatic carbocycles. The number of hydrogen-bond donors (Lipinski definition) is 8. The zero-order valence-electron chi connectivity index (χ0n) is 18.8. The minimum atomic E-state index is -1.30. The van der Waals surface area contributed by atoms with E-state index in [4.69, 9.17) is 41.9 Å². The fraction of sp³-hybridized carbons (Fsp3) is 0.900. The monoisotopic (exact) mass is 461 g/mol. The molecule has 0 aromatic heterocycles. The molecule has 13 atom stereocenters. The molecule has 1 aliphatic carbocycles. The van der Waals surface area contributed by atoms with E-state index in [2.05, 4.69) is 5.32 Å². The first-order chi connectivity index (χ1) is 15.0. The topological polar surface area (TPSA) is 214 Å². The Morgan fingerprint density at radius 2 is 1.66 bits per heavy atom. The molecule has 2 aliphatic heterocycles. The van der Waals surface area contributed by atoms with Crippen LogP contribution in [0.25, 0.3) is 0 Å². The number of likely N-dealkylation sites (N-methyl/N-ethyl adjacent to an activating group) is 1. The predicted molar refractivity (Wildman–Crippen MR) is 115 cm³/mol. The van der Waals surface area contributed by atoms with Gasteiger partial charge in [0.2, 0.25) is 0 Å². The largest absolute Gasteiger partial charge is 0.388 e. The quantitative estimate of drug-likeness (QED) is 0.179. The molecule has 2 fully saturated rings. The Hall–Kier alpha value is -0.740. The molecule has 3 aliphatic rings. The van der Waals surface area contributed by atoms with Crippen LogP contribution in [0.3, 0.4) is 0 Å². The van der Waals surface area contributed by atoms with Crippen molar-refractivity contribution in [2.45, 2.75) is 99.2 Å².